The summed E-state index contributed by atoms with van der Waals surface area (Å²) in [4.78, 5) is 18.0. The minimum absolute atomic E-state index is 0.0884. The predicted molar refractivity (Wildman–Crippen MR) is 74.6 cm³/mol. The molecule has 1 aliphatic heterocycles. The van der Waals surface area contributed by atoms with E-state index >= 15 is 0 Å². The molecule has 0 spiro atoms. The van der Waals surface area contributed by atoms with Crippen LogP contribution in [0, 0.1) is 0 Å². The molecule has 1 atom stereocenters. The number of fused-ring (bicyclic) bond motifs is 1. The monoisotopic (exact) mass is 264 g/mol. The summed E-state index contributed by atoms with van der Waals surface area (Å²) < 4.78 is 5.60. The molecule has 0 N–H and O–H groups in total. The number of anilines is 1. The molecule has 1 amide bonds. The van der Waals surface area contributed by atoms with Crippen molar-refractivity contribution in [3.63, 3.8) is 0 Å². The van der Waals surface area contributed by atoms with E-state index in [0.717, 1.165) is 24.0 Å². The van der Waals surface area contributed by atoms with Crippen molar-refractivity contribution >= 4 is 20.5 Å². The average Bonchev–Trinajstić information content (AvgIpc) is 2.59. The van der Waals surface area contributed by atoms with Crippen LogP contribution in [0.1, 0.15) is 18.4 Å². The first-order valence-electron chi connectivity index (χ1n) is 6.45. The molecule has 1 unspecified atom stereocenters. The van der Waals surface area contributed by atoms with Gasteiger partial charge in [-0.2, -0.15) is 0 Å². The first-order valence-corrected chi connectivity index (χ1v) is 9.58. The summed E-state index contributed by atoms with van der Waals surface area (Å²) in [7, 11) is -0.575. The van der Waals surface area contributed by atoms with Crippen molar-refractivity contribution in [1.29, 1.82) is 0 Å². The number of carbonyl (C=O) groups is 1. The fourth-order valence-corrected chi connectivity index (χ4v) is 2.68. The molecule has 0 radical (unpaired) electrons. The van der Waals surface area contributed by atoms with Crippen LogP contribution in [0.25, 0.3) is 0 Å². The van der Waals surface area contributed by atoms with Crippen molar-refractivity contribution in [2.45, 2.75) is 32.0 Å². The standard InChI is InChI=1S/C13H20N2O2Si/c1-10-11-5-4-6-14-12(11)15(13(10)16)9-17-7-8-18(2)3/h4-6,10,18H,7-9H2,1-3H3. The van der Waals surface area contributed by atoms with Gasteiger partial charge in [0.05, 0.1) is 5.92 Å². The molecular weight excluding hydrogens is 244 g/mol. The van der Waals surface area contributed by atoms with Gasteiger partial charge in [-0.05, 0) is 19.0 Å². The van der Waals surface area contributed by atoms with Gasteiger partial charge in [0.1, 0.15) is 12.5 Å². The summed E-state index contributed by atoms with van der Waals surface area (Å²) >= 11 is 0. The molecule has 4 nitrogen and oxygen atoms in total. The van der Waals surface area contributed by atoms with Gasteiger partial charge in [-0.25, -0.2) is 4.98 Å². The minimum Gasteiger partial charge on any atom is -0.361 e. The van der Waals surface area contributed by atoms with E-state index in [-0.39, 0.29) is 11.8 Å². The van der Waals surface area contributed by atoms with E-state index in [1.807, 2.05) is 19.1 Å². The Bertz CT molecular complexity index is 437. The molecule has 5 heteroatoms. The molecule has 98 valence electrons. The number of rotatable bonds is 5. The van der Waals surface area contributed by atoms with Gasteiger partial charge < -0.3 is 4.74 Å². The Hall–Kier alpha value is -1.20. The van der Waals surface area contributed by atoms with Gasteiger partial charge in [-0.15, -0.1) is 0 Å². The number of aromatic nitrogens is 1. The Morgan fingerprint density at radius 2 is 2.28 bits per heavy atom. The number of hydrogen-bond acceptors (Lipinski definition) is 3. The lowest BCUT2D eigenvalue weighted by atomic mass is 10.1. The molecule has 2 heterocycles. The number of ether oxygens (including phenoxy) is 1. The van der Waals surface area contributed by atoms with Crippen molar-refractivity contribution in [3.05, 3.63) is 23.9 Å². The summed E-state index contributed by atoms with van der Waals surface area (Å²) in [5, 5.41) is 0. The fourth-order valence-electron chi connectivity index (χ4n) is 2.04. The Kier molecular flexibility index (Phi) is 4.14. The maximum atomic E-state index is 12.1. The van der Waals surface area contributed by atoms with Gasteiger partial charge in [0.25, 0.3) is 0 Å². The summed E-state index contributed by atoms with van der Waals surface area (Å²) in [6.45, 7) is 7.58. The second-order valence-corrected chi connectivity index (χ2v) is 8.49. The smallest absolute Gasteiger partial charge is 0.237 e. The zero-order valence-electron chi connectivity index (χ0n) is 11.2. The number of hydrogen-bond donors (Lipinski definition) is 0. The molecular formula is C13H20N2O2Si. The molecule has 0 saturated heterocycles. The molecule has 1 aromatic heterocycles. The summed E-state index contributed by atoms with van der Waals surface area (Å²) in [5.74, 6) is 0.749. The lowest BCUT2D eigenvalue weighted by Crippen LogP contribution is -2.31. The van der Waals surface area contributed by atoms with Crippen molar-refractivity contribution < 1.29 is 9.53 Å². The highest BCUT2D eigenvalue weighted by Gasteiger charge is 2.34. The fraction of sp³-hybridized carbons (Fsp3) is 0.538. The van der Waals surface area contributed by atoms with Gasteiger partial charge in [0, 0.05) is 27.2 Å². The third-order valence-corrected chi connectivity index (χ3v) is 4.63. The Morgan fingerprint density at radius 3 is 3.00 bits per heavy atom. The van der Waals surface area contributed by atoms with Crippen LogP contribution in [0.3, 0.4) is 0 Å². The minimum atomic E-state index is -0.575. The number of carbonyl (C=O) groups excluding carboxylic acids is 1. The van der Waals surface area contributed by atoms with Gasteiger partial charge in [-0.1, -0.05) is 19.2 Å². The SMILES string of the molecule is CC1C(=O)N(COCC[SiH](C)C)c2ncccc21. The van der Waals surface area contributed by atoms with Crippen LogP contribution in [-0.4, -0.2) is 33.0 Å². The maximum Gasteiger partial charge on any atom is 0.237 e. The Morgan fingerprint density at radius 1 is 1.50 bits per heavy atom. The van der Waals surface area contributed by atoms with Crippen LogP contribution < -0.4 is 4.90 Å². The van der Waals surface area contributed by atoms with E-state index in [1.54, 1.807) is 11.1 Å². The molecule has 1 aromatic rings. The number of pyridine rings is 1. The largest absolute Gasteiger partial charge is 0.361 e. The van der Waals surface area contributed by atoms with E-state index in [1.165, 1.54) is 0 Å². The van der Waals surface area contributed by atoms with Crippen LogP contribution in [0.15, 0.2) is 18.3 Å². The van der Waals surface area contributed by atoms with Crippen molar-refractivity contribution in [3.8, 4) is 0 Å². The van der Waals surface area contributed by atoms with E-state index in [2.05, 4.69) is 18.1 Å². The number of nitrogens with zero attached hydrogens (tertiary/aromatic N) is 2. The van der Waals surface area contributed by atoms with Crippen LogP contribution in [-0.2, 0) is 9.53 Å². The topological polar surface area (TPSA) is 42.4 Å². The normalized spacial score (nSPS) is 18.6. The van der Waals surface area contributed by atoms with Gasteiger partial charge >= 0.3 is 0 Å². The maximum absolute atomic E-state index is 12.1. The van der Waals surface area contributed by atoms with Gasteiger partial charge in [0.15, 0.2) is 0 Å². The van der Waals surface area contributed by atoms with E-state index in [0.29, 0.717) is 6.73 Å². The highest BCUT2D eigenvalue weighted by Crippen LogP contribution is 2.34. The van der Waals surface area contributed by atoms with Crippen molar-refractivity contribution in [1.82, 2.24) is 4.98 Å². The predicted octanol–water partition coefficient (Wildman–Crippen LogP) is 1.99. The Balaban J connectivity index is 1.99. The molecule has 2 rings (SSSR count). The van der Waals surface area contributed by atoms with Crippen LogP contribution in [0.5, 0.6) is 0 Å². The second-order valence-electron chi connectivity index (χ2n) is 5.12. The third-order valence-electron chi connectivity index (χ3n) is 3.24. The van der Waals surface area contributed by atoms with Crippen LogP contribution >= 0.6 is 0 Å². The van der Waals surface area contributed by atoms with Crippen molar-refractivity contribution in [2.24, 2.45) is 0 Å². The van der Waals surface area contributed by atoms with Crippen LogP contribution in [0.4, 0.5) is 5.82 Å². The highest BCUT2D eigenvalue weighted by atomic mass is 28.3. The summed E-state index contributed by atoms with van der Waals surface area (Å²) in [5.41, 5.74) is 1.00. The first-order chi connectivity index (χ1) is 8.61. The molecule has 18 heavy (non-hydrogen) atoms. The van der Waals surface area contributed by atoms with Gasteiger partial charge in [-0.3, -0.25) is 9.69 Å². The molecule has 0 bridgehead atoms. The molecule has 0 aliphatic carbocycles. The summed E-state index contributed by atoms with van der Waals surface area (Å²) in [6, 6.07) is 4.98. The molecule has 0 fully saturated rings. The average molecular weight is 264 g/mol. The molecule has 0 saturated carbocycles. The van der Waals surface area contributed by atoms with E-state index < -0.39 is 8.80 Å². The van der Waals surface area contributed by atoms with Crippen molar-refractivity contribution in [2.75, 3.05) is 18.2 Å². The van der Waals surface area contributed by atoms with Gasteiger partial charge in [0.2, 0.25) is 5.91 Å². The van der Waals surface area contributed by atoms with E-state index in [9.17, 15) is 4.79 Å². The molecule has 1 aliphatic rings. The zero-order valence-corrected chi connectivity index (χ0v) is 12.4. The first kappa shape index (κ1) is 13.2. The molecule has 0 aromatic carbocycles. The second kappa shape index (κ2) is 5.62. The third kappa shape index (κ3) is 2.62. The number of amides is 1. The Labute approximate surface area is 110 Å². The highest BCUT2D eigenvalue weighted by molar-refractivity contribution is 6.55. The summed E-state index contributed by atoms with van der Waals surface area (Å²) in [6.07, 6.45) is 1.72. The lowest BCUT2D eigenvalue weighted by molar-refractivity contribution is -0.120. The van der Waals surface area contributed by atoms with Crippen LogP contribution in [0.2, 0.25) is 19.1 Å². The lowest BCUT2D eigenvalue weighted by Gasteiger charge is -2.17. The quantitative estimate of drug-likeness (QED) is 0.603. The van der Waals surface area contributed by atoms with E-state index in [4.69, 9.17) is 4.74 Å². The zero-order chi connectivity index (χ0) is 13.1.